The molecule has 3 amide bonds. The Labute approximate surface area is 123 Å². The molecule has 2 rings (SSSR count). The predicted octanol–water partition coefficient (Wildman–Crippen LogP) is -1.07. The summed E-state index contributed by atoms with van der Waals surface area (Å²) in [7, 11) is 1.24. The lowest BCUT2D eigenvalue weighted by Gasteiger charge is -2.37. The number of carboxylic acids is 1. The molecular weight excluding hydrogens is 298 g/mol. The first-order valence-corrected chi connectivity index (χ1v) is 6.17. The van der Waals surface area contributed by atoms with Gasteiger partial charge in [-0.2, -0.15) is 0 Å². The zero-order valence-electron chi connectivity index (χ0n) is 11.6. The SMILES string of the molecule is CNC(=O)N1C(=O)c2c(O)c(=O)c(C(=O)O)cn2C(C)C1O. The van der Waals surface area contributed by atoms with E-state index >= 15 is 0 Å². The van der Waals surface area contributed by atoms with Crippen LogP contribution in [0.2, 0.25) is 0 Å². The van der Waals surface area contributed by atoms with Gasteiger partial charge in [0.1, 0.15) is 5.56 Å². The van der Waals surface area contributed by atoms with Crippen LogP contribution in [0.3, 0.4) is 0 Å². The average molecular weight is 311 g/mol. The molecule has 1 aromatic rings. The Morgan fingerprint density at radius 1 is 1.32 bits per heavy atom. The van der Waals surface area contributed by atoms with E-state index in [2.05, 4.69) is 5.32 Å². The summed E-state index contributed by atoms with van der Waals surface area (Å²) in [4.78, 5) is 47.2. The number of nitrogens with zero attached hydrogens (tertiary/aromatic N) is 2. The first kappa shape index (κ1) is 15.5. The minimum absolute atomic E-state index is 0.444. The maximum Gasteiger partial charge on any atom is 0.341 e. The Morgan fingerprint density at radius 2 is 1.91 bits per heavy atom. The van der Waals surface area contributed by atoms with Crippen molar-refractivity contribution in [1.82, 2.24) is 14.8 Å². The number of pyridine rings is 1. The number of imide groups is 1. The summed E-state index contributed by atoms with van der Waals surface area (Å²) >= 11 is 0. The molecule has 1 aromatic heterocycles. The van der Waals surface area contributed by atoms with Gasteiger partial charge in [-0.05, 0) is 6.92 Å². The fourth-order valence-corrected chi connectivity index (χ4v) is 2.23. The van der Waals surface area contributed by atoms with Gasteiger partial charge in [-0.15, -0.1) is 0 Å². The summed E-state index contributed by atoms with van der Waals surface area (Å²) in [6, 6.07) is -1.89. The maximum atomic E-state index is 12.3. The minimum atomic E-state index is -1.59. The number of rotatable bonds is 1. The number of aromatic nitrogens is 1. The van der Waals surface area contributed by atoms with E-state index in [-0.39, 0.29) is 0 Å². The smallest absolute Gasteiger partial charge is 0.341 e. The third-order valence-corrected chi connectivity index (χ3v) is 3.43. The Hall–Kier alpha value is -2.88. The highest BCUT2D eigenvalue weighted by Gasteiger charge is 2.42. The van der Waals surface area contributed by atoms with E-state index in [0.717, 1.165) is 10.8 Å². The Morgan fingerprint density at radius 3 is 2.41 bits per heavy atom. The van der Waals surface area contributed by atoms with E-state index in [9.17, 15) is 29.4 Å². The lowest BCUT2D eigenvalue weighted by molar-refractivity contribution is -0.0107. The summed E-state index contributed by atoms with van der Waals surface area (Å²) < 4.78 is 0.965. The second-order valence-electron chi connectivity index (χ2n) is 4.67. The Balaban J connectivity index is 2.76. The van der Waals surface area contributed by atoms with Crippen LogP contribution in [0, 0.1) is 0 Å². The van der Waals surface area contributed by atoms with Crippen LogP contribution in [0.5, 0.6) is 5.75 Å². The van der Waals surface area contributed by atoms with Crippen molar-refractivity contribution in [3.8, 4) is 5.75 Å². The summed E-state index contributed by atoms with van der Waals surface area (Å²) in [6.45, 7) is 1.39. The van der Waals surface area contributed by atoms with Gasteiger partial charge >= 0.3 is 12.0 Å². The molecule has 0 saturated carbocycles. The summed E-state index contributed by atoms with van der Waals surface area (Å²) in [5.74, 6) is -3.78. The van der Waals surface area contributed by atoms with Crippen molar-refractivity contribution < 1.29 is 29.7 Å². The molecule has 1 aliphatic rings. The minimum Gasteiger partial charge on any atom is -0.503 e. The molecule has 0 radical (unpaired) electrons. The van der Waals surface area contributed by atoms with Crippen LogP contribution in [-0.4, -0.2) is 56.0 Å². The van der Waals surface area contributed by atoms with Crippen LogP contribution in [-0.2, 0) is 0 Å². The highest BCUT2D eigenvalue weighted by Crippen LogP contribution is 2.29. The van der Waals surface area contributed by atoms with Crippen molar-refractivity contribution in [2.24, 2.45) is 0 Å². The third kappa shape index (κ3) is 2.00. The number of carbonyl (C=O) groups is 3. The van der Waals surface area contributed by atoms with Crippen LogP contribution >= 0.6 is 0 Å². The van der Waals surface area contributed by atoms with E-state index in [4.69, 9.17) is 5.11 Å². The van der Waals surface area contributed by atoms with E-state index in [1.165, 1.54) is 14.0 Å². The lowest BCUT2D eigenvalue weighted by Crippen LogP contribution is -2.56. The van der Waals surface area contributed by atoms with Gasteiger partial charge in [-0.25, -0.2) is 14.5 Å². The van der Waals surface area contributed by atoms with Crippen LogP contribution in [0.15, 0.2) is 11.0 Å². The Kier molecular flexibility index (Phi) is 3.63. The quantitative estimate of drug-likeness (QED) is 0.515. The first-order chi connectivity index (χ1) is 10.2. The standard InChI is InChI=1S/C12H13N3O7/c1-4-9(18)15(12(22)13-2)10(19)6-8(17)7(16)5(11(20)21)3-14(4)6/h3-4,9,17-18H,1-2H3,(H,13,22)(H,20,21). The summed E-state index contributed by atoms with van der Waals surface area (Å²) in [6.07, 6.45) is -0.740. The molecule has 22 heavy (non-hydrogen) atoms. The second-order valence-corrected chi connectivity index (χ2v) is 4.67. The van der Waals surface area contributed by atoms with Gasteiger partial charge in [0.25, 0.3) is 5.91 Å². The van der Waals surface area contributed by atoms with Gasteiger partial charge in [-0.3, -0.25) is 9.59 Å². The largest absolute Gasteiger partial charge is 0.503 e. The van der Waals surface area contributed by atoms with Gasteiger partial charge < -0.3 is 25.2 Å². The number of aromatic hydroxyl groups is 1. The van der Waals surface area contributed by atoms with Gasteiger partial charge in [0, 0.05) is 13.2 Å². The van der Waals surface area contributed by atoms with Crippen LogP contribution in [0.1, 0.15) is 33.8 Å². The van der Waals surface area contributed by atoms with Crippen molar-refractivity contribution >= 4 is 17.9 Å². The van der Waals surface area contributed by atoms with Gasteiger partial charge in [0.15, 0.2) is 17.7 Å². The fraction of sp³-hybridized carbons (Fsp3) is 0.333. The average Bonchev–Trinajstić information content (AvgIpc) is 2.46. The number of carboxylic acid groups (broad SMARTS) is 1. The van der Waals surface area contributed by atoms with Crippen molar-refractivity contribution in [3.63, 3.8) is 0 Å². The molecule has 2 atom stereocenters. The summed E-state index contributed by atoms with van der Waals surface area (Å²) in [5.41, 5.74) is -2.55. The van der Waals surface area contributed by atoms with Gasteiger partial charge in [0.2, 0.25) is 5.43 Å². The molecule has 2 unspecified atom stereocenters. The molecule has 1 aliphatic heterocycles. The number of aliphatic hydroxyl groups excluding tert-OH is 1. The number of aliphatic hydroxyl groups is 1. The van der Waals surface area contributed by atoms with E-state index in [1.54, 1.807) is 0 Å². The van der Waals surface area contributed by atoms with Gasteiger partial charge in [0.05, 0.1) is 6.04 Å². The topological polar surface area (TPSA) is 149 Å². The maximum absolute atomic E-state index is 12.3. The molecule has 10 nitrogen and oxygen atoms in total. The van der Waals surface area contributed by atoms with Crippen LogP contribution in [0.25, 0.3) is 0 Å². The number of aromatic carboxylic acids is 1. The van der Waals surface area contributed by atoms with Gasteiger partial charge in [-0.1, -0.05) is 0 Å². The molecule has 0 saturated heterocycles. The number of carbonyl (C=O) groups excluding carboxylic acids is 2. The molecule has 4 N–H and O–H groups in total. The summed E-state index contributed by atoms with van der Waals surface area (Å²) in [5, 5.41) is 31.0. The number of nitrogens with one attached hydrogen (secondary N) is 1. The zero-order chi connectivity index (χ0) is 16.8. The van der Waals surface area contributed by atoms with Crippen molar-refractivity contribution in [2.75, 3.05) is 7.05 Å². The third-order valence-electron chi connectivity index (χ3n) is 3.43. The number of amides is 3. The molecular formula is C12H13N3O7. The van der Waals surface area contributed by atoms with Crippen molar-refractivity contribution in [1.29, 1.82) is 0 Å². The molecule has 10 heteroatoms. The fourth-order valence-electron chi connectivity index (χ4n) is 2.23. The molecule has 0 aliphatic carbocycles. The normalized spacial score (nSPS) is 20.5. The molecule has 0 fully saturated rings. The van der Waals surface area contributed by atoms with Crippen molar-refractivity contribution in [3.05, 3.63) is 27.7 Å². The zero-order valence-corrected chi connectivity index (χ0v) is 11.6. The molecule has 0 bridgehead atoms. The van der Waals surface area contributed by atoms with E-state index < -0.39 is 52.6 Å². The molecule has 118 valence electrons. The molecule has 0 aromatic carbocycles. The monoisotopic (exact) mass is 311 g/mol. The van der Waals surface area contributed by atoms with Crippen LogP contribution < -0.4 is 10.7 Å². The second kappa shape index (κ2) is 5.15. The predicted molar refractivity (Wildman–Crippen MR) is 70.7 cm³/mol. The number of fused-ring (bicyclic) bond motifs is 1. The highest BCUT2D eigenvalue weighted by molar-refractivity contribution is 6.06. The molecule has 2 heterocycles. The highest BCUT2D eigenvalue weighted by atomic mass is 16.4. The molecule has 0 spiro atoms. The number of hydrogen-bond acceptors (Lipinski definition) is 6. The van der Waals surface area contributed by atoms with E-state index in [1.807, 2.05) is 0 Å². The first-order valence-electron chi connectivity index (χ1n) is 6.17. The van der Waals surface area contributed by atoms with E-state index in [0.29, 0.717) is 4.90 Å². The number of hydrogen-bond donors (Lipinski definition) is 4. The lowest BCUT2D eigenvalue weighted by atomic mass is 10.1. The van der Waals surface area contributed by atoms with Crippen molar-refractivity contribution in [2.45, 2.75) is 19.2 Å². The Bertz CT molecular complexity index is 739. The van der Waals surface area contributed by atoms with Crippen LogP contribution in [0.4, 0.5) is 4.79 Å². The number of urea groups is 1.